The summed E-state index contributed by atoms with van der Waals surface area (Å²) in [6.07, 6.45) is 4.11. The number of nitrogens with one attached hydrogen (secondary N) is 1. The highest BCUT2D eigenvalue weighted by Gasteiger charge is 2.34. The summed E-state index contributed by atoms with van der Waals surface area (Å²) in [6, 6.07) is 10.2. The molecule has 0 radical (unpaired) electrons. The Labute approximate surface area is 160 Å². The smallest absolute Gasteiger partial charge is 0.191 e. The molecule has 0 amide bonds. The van der Waals surface area contributed by atoms with E-state index in [4.69, 9.17) is 10.7 Å². The predicted octanol–water partition coefficient (Wildman–Crippen LogP) is 3.68. The van der Waals surface area contributed by atoms with Crippen molar-refractivity contribution in [2.75, 3.05) is 17.7 Å². The van der Waals surface area contributed by atoms with Gasteiger partial charge in [0.05, 0.1) is 12.1 Å². The first kappa shape index (κ1) is 17.5. The summed E-state index contributed by atoms with van der Waals surface area (Å²) in [7, 11) is 0. The molecule has 1 aliphatic rings. The van der Waals surface area contributed by atoms with Crippen LogP contribution in [0.2, 0.25) is 0 Å². The zero-order valence-electron chi connectivity index (χ0n) is 14.3. The van der Waals surface area contributed by atoms with Gasteiger partial charge in [-0.1, -0.05) is 66.3 Å². The Morgan fingerprint density at radius 2 is 1.92 bits per heavy atom. The van der Waals surface area contributed by atoms with Crippen LogP contribution in [0.5, 0.6) is 0 Å². The normalized spacial score (nSPS) is 16.2. The van der Waals surface area contributed by atoms with Crippen LogP contribution >= 0.6 is 23.1 Å². The number of anilines is 2. The van der Waals surface area contributed by atoms with Gasteiger partial charge in [0.15, 0.2) is 21.8 Å². The first-order valence-electron chi connectivity index (χ1n) is 8.67. The van der Waals surface area contributed by atoms with Gasteiger partial charge in [-0.2, -0.15) is 0 Å². The molecular weight excluding hydrogens is 366 g/mol. The molecule has 2 aromatic heterocycles. The number of aromatic nitrogens is 3. The Hall–Kier alpha value is -1.90. The van der Waals surface area contributed by atoms with Crippen molar-refractivity contribution in [3.63, 3.8) is 0 Å². The van der Waals surface area contributed by atoms with Gasteiger partial charge < -0.3 is 16.2 Å². The number of nitrogens with two attached hydrogens (primary N) is 1. The van der Waals surface area contributed by atoms with Crippen molar-refractivity contribution < 1.29 is 5.11 Å². The summed E-state index contributed by atoms with van der Waals surface area (Å²) in [5.74, 6) is 1.52. The van der Waals surface area contributed by atoms with Gasteiger partial charge in [0.2, 0.25) is 0 Å². The van der Waals surface area contributed by atoms with E-state index in [1.165, 1.54) is 16.9 Å². The van der Waals surface area contributed by atoms with Gasteiger partial charge in [0, 0.05) is 5.75 Å². The number of thioether (sulfide) groups is 1. The summed E-state index contributed by atoms with van der Waals surface area (Å²) in [5.41, 5.74) is 7.44. The molecule has 0 aliphatic heterocycles. The summed E-state index contributed by atoms with van der Waals surface area (Å²) in [6.45, 7) is 0.0965. The molecule has 26 heavy (non-hydrogen) atoms. The predicted molar refractivity (Wildman–Crippen MR) is 108 cm³/mol. The molecule has 1 fully saturated rings. The minimum absolute atomic E-state index is 0.0965. The number of fused-ring (bicyclic) bond motifs is 1. The molecule has 2 heterocycles. The standard InChI is InChI=1S/C18H21N5OS2/c19-16-20-14-13(26-16)15(23-18(11-24)8-4-5-9-18)22-17(21-14)25-10-12-6-2-1-3-7-12/h1-3,6-7,24H,4-5,8-11H2,(H3,19,20,21,22,23). The highest BCUT2D eigenvalue weighted by atomic mass is 32.2. The number of aliphatic hydroxyl groups excluding tert-OH is 1. The number of nitrogens with zero attached hydrogens (tertiary/aromatic N) is 3. The average Bonchev–Trinajstić information content (AvgIpc) is 3.27. The van der Waals surface area contributed by atoms with Crippen molar-refractivity contribution in [3.8, 4) is 0 Å². The Morgan fingerprint density at radius 1 is 1.15 bits per heavy atom. The minimum atomic E-state index is -0.304. The summed E-state index contributed by atoms with van der Waals surface area (Å²) >= 11 is 2.96. The number of benzene rings is 1. The molecule has 4 rings (SSSR count). The van der Waals surface area contributed by atoms with Crippen molar-refractivity contribution in [3.05, 3.63) is 35.9 Å². The van der Waals surface area contributed by atoms with Crippen molar-refractivity contribution in [1.29, 1.82) is 0 Å². The Bertz CT molecular complexity index is 893. The van der Waals surface area contributed by atoms with Crippen LogP contribution in [0.3, 0.4) is 0 Å². The van der Waals surface area contributed by atoms with Gasteiger partial charge in [-0.3, -0.25) is 0 Å². The van der Waals surface area contributed by atoms with Gasteiger partial charge in [-0.15, -0.1) is 0 Å². The van der Waals surface area contributed by atoms with Crippen LogP contribution in [-0.2, 0) is 5.75 Å². The largest absolute Gasteiger partial charge is 0.394 e. The second-order valence-corrected chi connectivity index (χ2v) is 8.58. The van der Waals surface area contributed by atoms with Gasteiger partial charge in [-0.25, -0.2) is 15.0 Å². The lowest BCUT2D eigenvalue weighted by Crippen LogP contribution is -2.39. The van der Waals surface area contributed by atoms with Gasteiger partial charge in [0.25, 0.3) is 0 Å². The van der Waals surface area contributed by atoms with Crippen molar-refractivity contribution in [1.82, 2.24) is 15.0 Å². The quantitative estimate of drug-likeness (QED) is 0.438. The third kappa shape index (κ3) is 3.62. The number of hydrogen-bond acceptors (Lipinski definition) is 8. The number of hydrogen-bond donors (Lipinski definition) is 3. The molecule has 1 saturated carbocycles. The number of nitrogen functional groups attached to an aromatic ring is 1. The molecule has 1 aliphatic carbocycles. The highest BCUT2D eigenvalue weighted by Crippen LogP contribution is 2.37. The summed E-state index contributed by atoms with van der Waals surface area (Å²) < 4.78 is 0.853. The SMILES string of the molecule is Nc1nc2nc(SCc3ccccc3)nc(NC3(CO)CCCC3)c2s1. The number of rotatable bonds is 6. The molecule has 0 saturated heterocycles. The zero-order chi connectivity index (χ0) is 18.0. The lowest BCUT2D eigenvalue weighted by atomic mass is 9.99. The first-order chi connectivity index (χ1) is 12.7. The zero-order valence-corrected chi connectivity index (χ0v) is 15.9. The molecule has 0 unspecified atom stereocenters. The maximum Gasteiger partial charge on any atom is 0.191 e. The van der Waals surface area contributed by atoms with E-state index < -0.39 is 0 Å². The van der Waals surface area contributed by atoms with Gasteiger partial charge in [-0.05, 0) is 18.4 Å². The van der Waals surface area contributed by atoms with E-state index in [0.717, 1.165) is 42.0 Å². The Morgan fingerprint density at radius 3 is 2.65 bits per heavy atom. The molecule has 4 N–H and O–H groups in total. The maximum atomic E-state index is 9.93. The molecule has 0 atom stereocenters. The molecule has 136 valence electrons. The van der Waals surface area contributed by atoms with Crippen molar-refractivity contribution in [2.24, 2.45) is 0 Å². The van der Waals surface area contributed by atoms with E-state index in [0.29, 0.717) is 15.9 Å². The van der Waals surface area contributed by atoms with Crippen LogP contribution in [-0.4, -0.2) is 32.2 Å². The van der Waals surface area contributed by atoms with E-state index in [2.05, 4.69) is 27.4 Å². The van der Waals surface area contributed by atoms with Crippen LogP contribution < -0.4 is 11.1 Å². The van der Waals surface area contributed by atoms with E-state index in [9.17, 15) is 5.11 Å². The van der Waals surface area contributed by atoms with Crippen LogP contribution in [0.15, 0.2) is 35.5 Å². The number of thiazole rings is 1. The van der Waals surface area contributed by atoms with Gasteiger partial charge in [0.1, 0.15) is 4.70 Å². The molecule has 1 aromatic carbocycles. The van der Waals surface area contributed by atoms with Gasteiger partial charge >= 0.3 is 0 Å². The summed E-state index contributed by atoms with van der Waals surface area (Å²) in [4.78, 5) is 13.6. The molecule has 0 bridgehead atoms. The second-order valence-electron chi connectivity index (χ2n) is 6.60. The third-order valence-corrected chi connectivity index (χ3v) is 6.51. The van der Waals surface area contributed by atoms with Crippen LogP contribution in [0.1, 0.15) is 31.2 Å². The number of aliphatic hydroxyl groups is 1. The molecule has 0 spiro atoms. The van der Waals surface area contributed by atoms with E-state index >= 15 is 0 Å². The first-order valence-corrected chi connectivity index (χ1v) is 10.5. The fourth-order valence-electron chi connectivity index (χ4n) is 3.32. The van der Waals surface area contributed by atoms with Crippen molar-refractivity contribution >= 4 is 44.4 Å². The highest BCUT2D eigenvalue weighted by molar-refractivity contribution is 7.98. The lowest BCUT2D eigenvalue weighted by Gasteiger charge is -2.28. The lowest BCUT2D eigenvalue weighted by molar-refractivity contribution is 0.214. The molecule has 3 aromatic rings. The topological polar surface area (TPSA) is 97.0 Å². The maximum absolute atomic E-state index is 9.93. The van der Waals surface area contributed by atoms with Crippen LogP contribution in [0, 0.1) is 0 Å². The van der Waals surface area contributed by atoms with Crippen molar-refractivity contribution in [2.45, 2.75) is 42.1 Å². The van der Waals surface area contributed by atoms with E-state index in [1.54, 1.807) is 11.8 Å². The van der Waals surface area contributed by atoms with E-state index in [1.807, 2.05) is 18.2 Å². The average molecular weight is 388 g/mol. The van der Waals surface area contributed by atoms with E-state index in [-0.39, 0.29) is 12.1 Å². The third-order valence-electron chi connectivity index (χ3n) is 4.71. The Kier molecular flexibility index (Phi) is 4.97. The van der Waals surface area contributed by atoms with Crippen LogP contribution in [0.4, 0.5) is 10.9 Å². The second kappa shape index (κ2) is 7.38. The fourth-order valence-corrected chi connectivity index (χ4v) is 4.83. The fraction of sp³-hybridized carbons (Fsp3) is 0.389. The summed E-state index contributed by atoms with van der Waals surface area (Å²) in [5, 5.41) is 14.6. The van der Waals surface area contributed by atoms with Crippen LogP contribution in [0.25, 0.3) is 10.3 Å². The molecule has 8 heteroatoms. The Balaban J connectivity index is 1.64. The molecule has 6 nitrogen and oxygen atoms in total. The minimum Gasteiger partial charge on any atom is -0.394 e. The molecular formula is C18H21N5OS2. The monoisotopic (exact) mass is 387 g/mol.